The Labute approximate surface area is 117 Å². The normalized spacial score (nSPS) is 11.1. The summed E-state index contributed by atoms with van der Waals surface area (Å²) in [5, 5.41) is 0.685. The zero-order chi connectivity index (χ0) is 13.6. The van der Waals surface area contributed by atoms with Crippen LogP contribution in [0.5, 0.6) is 0 Å². The fraction of sp³-hybridized carbons (Fsp3) is 0. The average molecular weight is 297 g/mol. The van der Waals surface area contributed by atoms with E-state index in [0.29, 0.717) is 21.9 Å². The van der Waals surface area contributed by atoms with Gasteiger partial charge >= 0.3 is 0 Å². The summed E-state index contributed by atoms with van der Waals surface area (Å²) in [5.74, 6) is -0.217. The number of nitrogen functional groups attached to an aromatic ring is 1. The van der Waals surface area contributed by atoms with Crippen LogP contribution in [0.1, 0.15) is 0 Å². The molecular weight excluding hydrogens is 290 g/mol. The highest BCUT2D eigenvalue weighted by Crippen LogP contribution is 2.28. The Morgan fingerprint density at radius 2 is 2.00 bits per heavy atom. The number of nitrogens with two attached hydrogens (primary N) is 1. The predicted octanol–water partition coefficient (Wildman–Crippen LogP) is 3.45. The maximum absolute atomic E-state index is 13.1. The lowest BCUT2D eigenvalue weighted by Crippen LogP contribution is -2.02. The topological polar surface area (TPSA) is 56.7 Å². The standard InChI is InChI=1S/C12H7Cl2FN4/c13-6-3-9-11(17-5-6)19(12(16)18-9)10-2-1-7(15)4-8(10)14/h1-5H,(H2,16,18). The Hall–Kier alpha value is -1.85. The second-order valence-corrected chi connectivity index (χ2v) is 4.74. The molecule has 0 bridgehead atoms. The summed E-state index contributed by atoms with van der Waals surface area (Å²) in [6, 6.07) is 5.67. The number of fused-ring (bicyclic) bond motifs is 1. The second kappa shape index (κ2) is 4.36. The van der Waals surface area contributed by atoms with Crippen LogP contribution in [0, 0.1) is 5.82 Å². The van der Waals surface area contributed by atoms with Gasteiger partial charge in [-0.3, -0.25) is 4.57 Å². The molecule has 7 heteroatoms. The molecular formula is C12H7Cl2FN4. The fourth-order valence-corrected chi connectivity index (χ4v) is 2.26. The van der Waals surface area contributed by atoms with Crippen molar-refractivity contribution in [2.75, 3.05) is 5.73 Å². The third kappa shape index (κ3) is 2.01. The number of halogens is 3. The van der Waals surface area contributed by atoms with Crippen LogP contribution in [-0.4, -0.2) is 14.5 Å². The van der Waals surface area contributed by atoms with Gasteiger partial charge in [-0.15, -0.1) is 0 Å². The van der Waals surface area contributed by atoms with Crippen molar-refractivity contribution in [1.82, 2.24) is 14.5 Å². The Balaban J connectivity index is 2.33. The van der Waals surface area contributed by atoms with Crippen LogP contribution in [0.15, 0.2) is 30.5 Å². The third-order valence-corrected chi connectivity index (χ3v) is 3.15. The predicted molar refractivity (Wildman–Crippen MR) is 73.3 cm³/mol. The van der Waals surface area contributed by atoms with E-state index in [1.807, 2.05) is 0 Å². The SMILES string of the molecule is Nc1nc2cc(Cl)cnc2n1-c1ccc(F)cc1Cl. The number of imidazole rings is 1. The van der Waals surface area contributed by atoms with E-state index in [1.165, 1.54) is 24.4 Å². The van der Waals surface area contributed by atoms with Crippen molar-refractivity contribution in [1.29, 1.82) is 0 Å². The molecule has 1 aromatic carbocycles. The first-order valence-corrected chi connectivity index (χ1v) is 6.07. The van der Waals surface area contributed by atoms with E-state index in [2.05, 4.69) is 9.97 Å². The molecule has 19 heavy (non-hydrogen) atoms. The maximum atomic E-state index is 13.1. The summed E-state index contributed by atoms with van der Waals surface area (Å²) in [7, 11) is 0. The highest BCUT2D eigenvalue weighted by molar-refractivity contribution is 6.32. The van der Waals surface area contributed by atoms with Crippen LogP contribution in [0.25, 0.3) is 16.9 Å². The lowest BCUT2D eigenvalue weighted by atomic mass is 10.3. The van der Waals surface area contributed by atoms with Crippen molar-refractivity contribution in [3.63, 3.8) is 0 Å². The van der Waals surface area contributed by atoms with E-state index >= 15 is 0 Å². The van der Waals surface area contributed by atoms with Gasteiger partial charge in [0.25, 0.3) is 0 Å². The van der Waals surface area contributed by atoms with E-state index in [0.717, 1.165) is 0 Å². The van der Waals surface area contributed by atoms with Crippen molar-refractivity contribution in [3.05, 3.63) is 46.3 Å². The Morgan fingerprint density at radius 3 is 2.74 bits per heavy atom. The van der Waals surface area contributed by atoms with Crippen molar-refractivity contribution >= 4 is 40.3 Å². The van der Waals surface area contributed by atoms with Crippen LogP contribution < -0.4 is 5.73 Å². The molecule has 0 saturated heterocycles. The van der Waals surface area contributed by atoms with Gasteiger partial charge in [0.15, 0.2) is 5.65 Å². The van der Waals surface area contributed by atoms with E-state index in [1.54, 1.807) is 10.6 Å². The molecule has 96 valence electrons. The van der Waals surface area contributed by atoms with Gasteiger partial charge in [-0.05, 0) is 24.3 Å². The van der Waals surface area contributed by atoms with Gasteiger partial charge in [0.05, 0.1) is 15.7 Å². The van der Waals surface area contributed by atoms with Crippen LogP contribution >= 0.6 is 23.2 Å². The minimum Gasteiger partial charge on any atom is -0.369 e. The van der Waals surface area contributed by atoms with Gasteiger partial charge < -0.3 is 5.73 Å². The van der Waals surface area contributed by atoms with Crippen LogP contribution in [0.4, 0.5) is 10.3 Å². The first-order chi connectivity index (χ1) is 9.06. The zero-order valence-corrected chi connectivity index (χ0v) is 11.0. The molecule has 0 spiro atoms. The smallest absolute Gasteiger partial charge is 0.207 e. The van der Waals surface area contributed by atoms with Crippen molar-refractivity contribution in [3.8, 4) is 5.69 Å². The molecule has 0 saturated carbocycles. The molecule has 3 rings (SSSR count). The van der Waals surface area contributed by atoms with Crippen LogP contribution in [-0.2, 0) is 0 Å². The van der Waals surface area contributed by atoms with E-state index in [9.17, 15) is 4.39 Å². The first-order valence-electron chi connectivity index (χ1n) is 5.31. The number of anilines is 1. The van der Waals surface area contributed by atoms with E-state index < -0.39 is 5.82 Å². The molecule has 2 heterocycles. The summed E-state index contributed by atoms with van der Waals surface area (Å²) in [6.07, 6.45) is 1.49. The molecule has 3 aromatic rings. The van der Waals surface area contributed by atoms with Gasteiger partial charge in [-0.2, -0.15) is 0 Å². The summed E-state index contributed by atoms with van der Waals surface area (Å²) in [4.78, 5) is 8.33. The molecule has 0 aliphatic heterocycles. The number of nitrogens with zero attached hydrogens (tertiary/aromatic N) is 3. The van der Waals surface area contributed by atoms with E-state index in [-0.39, 0.29) is 11.0 Å². The molecule has 2 aromatic heterocycles. The van der Waals surface area contributed by atoms with Gasteiger partial charge in [0.2, 0.25) is 5.95 Å². The van der Waals surface area contributed by atoms with Crippen molar-refractivity contribution < 1.29 is 4.39 Å². The number of benzene rings is 1. The molecule has 0 fully saturated rings. The number of pyridine rings is 1. The lowest BCUT2D eigenvalue weighted by Gasteiger charge is -2.07. The molecule has 0 unspecified atom stereocenters. The van der Waals surface area contributed by atoms with Crippen molar-refractivity contribution in [2.24, 2.45) is 0 Å². The largest absolute Gasteiger partial charge is 0.369 e. The number of rotatable bonds is 1. The molecule has 0 aliphatic rings. The lowest BCUT2D eigenvalue weighted by molar-refractivity contribution is 0.627. The summed E-state index contributed by atoms with van der Waals surface area (Å²) in [6.45, 7) is 0. The number of hydrogen-bond donors (Lipinski definition) is 1. The summed E-state index contributed by atoms with van der Waals surface area (Å²) >= 11 is 11.9. The number of aromatic nitrogens is 3. The molecule has 0 atom stereocenters. The van der Waals surface area contributed by atoms with Crippen molar-refractivity contribution in [2.45, 2.75) is 0 Å². The van der Waals surface area contributed by atoms with Crippen LogP contribution in [0.3, 0.4) is 0 Å². The minimum absolute atomic E-state index is 0.207. The molecule has 0 radical (unpaired) electrons. The Bertz CT molecular complexity index is 785. The highest BCUT2D eigenvalue weighted by Gasteiger charge is 2.14. The van der Waals surface area contributed by atoms with E-state index in [4.69, 9.17) is 28.9 Å². The maximum Gasteiger partial charge on any atom is 0.207 e. The molecule has 2 N–H and O–H groups in total. The molecule has 0 amide bonds. The van der Waals surface area contributed by atoms with Gasteiger partial charge in [-0.1, -0.05) is 23.2 Å². The molecule has 0 aliphatic carbocycles. The Kier molecular flexibility index (Phi) is 2.80. The second-order valence-electron chi connectivity index (χ2n) is 3.90. The third-order valence-electron chi connectivity index (χ3n) is 2.64. The minimum atomic E-state index is -0.423. The van der Waals surface area contributed by atoms with Gasteiger partial charge in [0, 0.05) is 6.20 Å². The first kappa shape index (κ1) is 12.2. The Morgan fingerprint density at radius 1 is 1.21 bits per heavy atom. The monoisotopic (exact) mass is 296 g/mol. The van der Waals surface area contributed by atoms with Gasteiger partial charge in [-0.25, -0.2) is 14.4 Å². The summed E-state index contributed by atoms with van der Waals surface area (Å²) < 4.78 is 14.6. The quantitative estimate of drug-likeness (QED) is 0.748. The molecule has 4 nitrogen and oxygen atoms in total. The van der Waals surface area contributed by atoms with Gasteiger partial charge in [0.1, 0.15) is 11.3 Å². The number of hydrogen-bond acceptors (Lipinski definition) is 3. The highest BCUT2D eigenvalue weighted by atomic mass is 35.5. The zero-order valence-electron chi connectivity index (χ0n) is 9.44. The average Bonchev–Trinajstić information content (AvgIpc) is 2.65. The summed E-state index contributed by atoms with van der Waals surface area (Å²) in [5.41, 5.74) is 7.43. The fourth-order valence-electron chi connectivity index (χ4n) is 1.86. The van der Waals surface area contributed by atoms with Crippen LogP contribution in [0.2, 0.25) is 10.0 Å².